The van der Waals surface area contributed by atoms with Crippen molar-refractivity contribution in [2.75, 3.05) is 6.54 Å². The lowest BCUT2D eigenvalue weighted by molar-refractivity contribution is -0.111. The van der Waals surface area contributed by atoms with Crippen molar-refractivity contribution in [3.63, 3.8) is 0 Å². The van der Waals surface area contributed by atoms with Gasteiger partial charge in [0.05, 0.1) is 6.54 Å². The first-order chi connectivity index (χ1) is 6.75. The topological polar surface area (TPSA) is 41.5 Å². The van der Waals surface area contributed by atoms with Crippen LogP contribution < -0.4 is 5.43 Å². The van der Waals surface area contributed by atoms with Gasteiger partial charge in [-0.1, -0.05) is 23.7 Å². The van der Waals surface area contributed by atoms with Gasteiger partial charge in [-0.2, -0.15) is 5.10 Å². The molecule has 1 aromatic carbocycles. The van der Waals surface area contributed by atoms with E-state index in [4.69, 9.17) is 11.6 Å². The molecule has 1 N–H and O–H groups in total. The number of hydrogen-bond acceptors (Lipinski definition) is 3. The first-order valence-electron chi connectivity index (χ1n) is 4.33. The average molecular weight is 209 g/mol. The predicted molar refractivity (Wildman–Crippen MR) is 55.6 cm³/mol. The first kappa shape index (κ1) is 9.21. The Balaban J connectivity index is 2.11. The fourth-order valence-corrected chi connectivity index (χ4v) is 1.43. The molecule has 0 aliphatic carbocycles. The molecule has 0 aromatic heterocycles. The second-order valence-corrected chi connectivity index (χ2v) is 3.56. The van der Waals surface area contributed by atoms with Crippen LogP contribution in [0, 0.1) is 0 Å². The van der Waals surface area contributed by atoms with Crippen molar-refractivity contribution < 1.29 is 4.79 Å². The van der Waals surface area contributed by atoms with Crippen molar-refractivity contribution in [3.05, 3.63) is 34.9 Å². The van der Waals surface area contributed by atoms with Gasteiger partial charge in [0.2, 0.25) is 0 Å². The monoisotopic (exact) mass is 208 g/mol. The predicted octanol–water partition coefficient (Wildman–Crippen LogP) is 1.41. The highest BCUT2D eigenvalue weighted by Gasteiger charge is 2.16. The molecule has 1 aliphatic rings. The zero-order valence-electron chi connectivity index (χ0n) is 7.46. The minimum atomic E-state index is 0.0694. The van der Waals surface area contributed by atoms with Crippen molar-refractivity contribution in [2.24, 2.45) is 5.10 Å². The van der Waals surface area contributed by atoms with E-state index in [2.05, 4.69) is 10.5 Å². The van der Waals surface area contributed by atoms with Gasteiger partial charge in [0.1, 0.15) is 5.71 Å². The summed E-state index contributed by atoms with van der Waals surface area (Å²) in [6.07, 6.45) is 0.572. The number of benzene rings is 1. The summed E-state index contributed by atoms with van der Waals surface area (Å²) in [6.45, 7) is 0.322. The molecule has 3 nitrogen and oxygen atoms in total. The summed E-state index contributed by atoms with van der Waals surface area (Å²) >= 11 is 5.75. The molecule has 2 rings (SSSR count). The van der Waals surface area contributed by atoms with Gasteiger partial charge < -0.3 is 5.43 Å². The molecular formula is C10H9ClN2O. The van der Waals surface area contributed by atoms with Crippen LogP contribution in [0.25, 0.3) is 0 Å². The summed E-state index contributed by atoms with van der Waals surface area (Å²) < 4.78 is 0. The van der Waals surface area contributed by atoms with Gasteiger partial charge in [0, 0.05) is 11.4 Å². The molecular weight excluding hydrogens is 200 g/mol. The highest BCUT2D eigenvalue weighted by Crippen LogP contribution is 2.11. The molecule has 0 spiro atoms. The van der Waals surface area contributed by atoms with Crippen molar-refractivity contribution >= 4 is 23.1 Å². The second-order valence-electron chi connectivity index (χ2n) is 3.12. The Hall–Kier alpha value is -1.35. The molecule has 0 saturated carbocycles. The molecule has 0 saturated heterocycles. The molecule has 1 aliphatic heterocycles. The minimum Gasteiger partial charge on any atom is -0.302 e. The van der Waals surface area contributed by atoms with Crippen LogP contribution in [0.4, 0.5) is 0 Å². The first-order valence-corrected chi connectivity index (χ1v) is 4.70. The van der Waals surface area contributed by atoms with E-state index >= 15 is 0 Å². The molecule has 1 heterocycles. The fourth-order valence-electron chi connectivity index (χ4n) is 1.30. The van der Waals surface area contributed by atoms with Crippen LogP contribution in [0.2, 0.25) is 5.02 Å². The Kier molecular flexibility index (Phi) is 2.50. The summed E-state index contributed by atoms with van der Waals surface area (Å²) in [5, 5.41) is 4.62. The zero-order chi connectivity index (χ0) is 9.97. The summed E-state index contributed by atoms with van der Waals surface area (Å²) in [5.74, 6) is 0.0694. The van der Waals surface area contributed by atoms with Gasteiger partial charge in [-0.25, -0.2) is 0 Å². The van der Waals surface area contributed by atoms with Crippen molar-refractivity contribution in [1.82, 2.24) is 5.43 Å². The van der Waals surface area contributed by atoms with Gasteiger partial charge in [-0.05, 0) is 17.7 Å². The molecule has 0 atom stereocenters. The van der Waals surface area contributed by atoms with Gasteiger partial charge in [-0.3, -0.25) is 4.79 Å². The maximum absolute atomic E-state index is 11.2. The normalized spacial score (nSPS) is 15.2. The molecule has 0 unspecified atom stereocenters. The van der Waals surface area contributed by atoms with Crippen molar-refractivity contribution in [2.45, 2.75) is 6.42 Å². The summed E-state index contributed by atoms with van der Waals surface area (Å²) in [7, 11) is 0. The third-order valence-electron chi connectivity index (χ3n) is 2.06. The van der Waals surface area contributed by atoms with E-state index < -0.39 is 0 Å². The molecule has 72 valence electrons. The molecule has 1 aromatic rings. The van der Waals surface area contributed by atoms with Crippen LogP contribution in [-0.4, -0.2) is 18.0 Å². The van der Waals surface area contributed by atoms with E-state index in [1.807, 2.05) is 24.3 Å². The highest BCUT2D eigenvalue weighted by atomic mass is 35.5. The number of carbonyl (C=O) groups excluding carboxylic acids is 1. The summed E-state index contributed by atoms with van der Waals surface area (Å²) in [4.78, 5) is 11.2. The second kappa shape index (κ2) is 3.80. The number of ketones is 1. The van der Waals surface area contributed by atoms with Gasteiger partial charge in [0.15, 0.2) is 5.78 Å². The molecule has 0 radical (unpaired) electrons. The number of hydrogen-bond donors (Lipinski definition) is 1. The maximum Gasteiger partial charge on any atom is 0.199 e. The number of hydrazone groups is 1. The fraction of sp³-hybridized carbons (Fsp3) is 0.200. The Labute approximate surface area is 86.8 Å². The van der Waals surface area contributed by atoms with E-state index in [-0.39, 0.29) is 5.78 Å². The number of Topliss-reactive ketones (excluding diaryl/α,β-unsaturated/α-hetero) is 1. The molecule has 4 heteroatoms. The summed E-state index contributed by atoms with van der Waals surface area (Å²) in [5.41, 5.74) is 4.30. The highest BCUT2D eigenvalue weighted by molar-refractivity contribution is 6.42. The Morgan fingerprint density at radius 1 is 1.36 bits per heavy atom. The quantitative estimate of drug-likeness (QED) is 0.799. The van der Waals surface area contributed by atoms with E-state index in [0.717, 1.165) is 5.56 Å². The largest absolute Gasteiger partial charge is 0.302 e. The van der Waals surface area contributed by atoms with Gasteiger partial charge in [0.25, 0.3) is 0 Å². The van der Waals surface area contributed by atoms with Gasteiger partial charge in [-0.15, -0.1) is 0 Å². The van der Waals surface area contributed by atoms with Crippen molar-refractivity contribution in [1.29, 1.82) is 0 Å². The van der Waals surface area contributed by atoms with Crippen LogP contribution in [0.1, 0.15) is 5.56 Å². The van der Waals surface area contributed by atoms with E-state index in [9.17, 15) is 4.79 Å². The third-order valence-corrected chi connectivity index (χ3v) is 2.31. The molecule has 0 fully saturated rings. The molecule has 0 amide bonds. The number of halogens is 1. The van der Waals surface area contributed by atoms with E-state index in [1.165, 1.54) is 0 Å². The third kappa shape index (κ3) is 1.93. The number of rotatable bonds is 2. The number of nitrogens with one attached hydrogen (secondary N) is 1. The van der Waals surface area contributed by atoms with Crippen LogP contribution >= 0.6 is 11.6 Å². The Bertz CT molecular complexity index is 384. The lowest BCUT2D eigenvalue weighted by atomic mass is 10.1. The number of carbonyl (C=O) groups is 1. The van der Waals surface area contributed by atoms with Crippen LogP contribution in [0.3, 0.4) is 0 Å². The average Bonchev–Trinajstić information content (AvgIpc) is 2.56. The maximum atomic E-state index is 11.2. The van der Waals surface area contributed by atoms with Crippen LogP contribution in [0.15, 0.2) is 29.4 Å². The Morgan fingerprint density at radius 2 is 2.07 bits per heavy atom. The van der Waals surface area contributed by atoms with Crippen LogP contribution in [0.5, 0.6) is 0 Å². The van der Waals surface area contributed by atoms with Crippen molar-refractivity contribution in [3.8, 4) is 0 Å². The smallest absolute Gasteiger partial charge is 0.199 e. The Morgan fingerprint density at radius 3 is 2.64 bits per heavy atom. The lowest BCUT2D eigenvalue weighted by Gasteiger charge is -1.98. The van der Waals surface area contributed by atoms with E-state index in [1.54, 1.807) is 0 Å². The SMILES string of the molecule is O=C1CNN=C1Cc1ccc(Cl)cc1. The van der Waals surface area contributed by atoms with Gasteiger partial charge >= 0.3 is 0 Å². The van der Waals surface area contributed by atoms with E-state index in [0.29, 0.717) is 23.7 Å². The summed E-state index contributed by atoms with van der Waals surface area (Å²) in [6, 6.07) is 7.42. The molecule has 14 heavy (non-hydrogen) atoms. The zero-order valence-corrected chi connectivity index (χ0v) is 8.21. The minimum absolute atomic E-state index is 0.0694. The molecule has 0 bridgehead atoms. The lowest BCUT2D eigenvalue weighted by Crippen LogP contribution is -2.15. The van der Waals surface area contributed by atoms with Crippen LogP contribution in [-0.2, 0) is 11.2 Å². The number of nitrogens with zero attached hydrogens (tertiary/aromatic N) is 1. The standard InChI is InChI=1S/C10H9ClN2O/c11-8-3-1-7(2-4-8)5-9-10(14)6-12-13-9/h1-4,12H,5-6H2.